The van der Waals surface area contributed by atoms with E-state index in [0.717, 1.165) is 12.1 Å². The molecule has 0 bridgehead atoms. The number of carbonyl (C=O) groups is 2. The molecule has 2 N–H and O–H groups in total. The van der Waals surface area contributed by atoms with Crippen LogP contribution in [0.2, 0.25) is 0 Å². The van der Waals surface area contributed by atoms with Crippen molar-refractivity contribution in [3.05, 3.63) is 35.4 Å². The predicted molar refractivity (Wildman–Crippen MR) is 78.8 cm³/mol. The molecule has 1 aromatic rings. The first-order valence-corrected chi connectivity index (χ1v) is 7.19. The largest absolute Gasteiger partial charge is 0.480 e. The molecule has 0 aromatic heterocycles. The molecule has 1 amide bonds. The van der Waals surface area contributed by atoms with Gasteiger partial charge in [0.25, 0.3) is 0 Å². The Kier molecular flexibility index (Phi) is 5.80. The zero-order chi connectivity index (χ0) is 17.8. The van der Waals surface area contributed by atoms with E-state index in [1.807, 2.05) is 0 Å². The Morgan fingerprint density at radius 1 is 1.17 bits per heavy atom. The van der Waals surface area contributed by atoms with Crippen molar-refractivity contribution in [2.45, 2.75) is 45.3 Å². The molecule has 0 saturated carbocycles. The zero-order valence-electron chi connectivity index (χ0n) is 13.2. The number of alkyl halides is 3. The van der Waals surface area contributed by atoms with Crippen molar-refractivity contribution in [2.75, 3.05) is 0 Å². The Bertz CT molecular complexity index is 565. The number of amides is 1. The fraction of sp³-hybridized carbons (Fsp3) is 0.500. The summed E-state index contributed by atoms with van der Waals surface area (Å²) in [5, 5.41) is 11.5. The highest BCUT2D eigenvalue weighted by atomic mass is 19.4. The first-order valence-electron chi connectivity index (χ1n) is 7.19. The first-order chi connectivity index (χ1) is 10.5. The van der Waals surface area contributed by atoms with Crippen LogP contribution >= 0.6 is 0 Å². The van der Waals surface area contributed by atoms with E-state index in [1.165, 1.54) is 26.0 Å². The summed E-state index contributed by atoms with van der Waals surface area (Å²) in [6.45, 7) is 4.51. The lowest BCUT2D eigenvalue weighted by Gasteiger charge is -2.24. The second-order valence-electron chi connectivity index (χ2n) is 5.92. The van der Waals surface area contributed by atoms with E-state index in [1.54, 1.807) is 6.92 Å². The molecule has 7 heteroatoms. The summed E-state index contributed by atoms with van der Waals surface area (Å²) in [5.41, 5.74) is -1.55. The number of hydrogen-bond acceptors (Lipinski definition) is 2. The Morgan fingerprint density at radius 2 is 1.70 bits per heavy atom. The third kappa shape index (κ3) is 5.26. The molecule has 0 heterocycles. The van der Waals surface area contributed by atoms with Crippen molar-refractivity contribution < 1.29 is 27.9 Å². The average molecular weight is 331 g/mol. The highest BCUT2D eigenvalue weighted by Gasteiger charge is 2.32. The lowest BCUT2D eigenvalue weighted by Crippen LogP contribution is -2.51. The zero-order valence-corrected chi connectivity index (χ0v) is 13.2. The highest BCUT2D eigenvalue weighted by molar-refractivity contribution is 5.87. The number of carboxylic acids is 1. The fourth-order valence-electron chi connectivity index (χ4n) is 2.00. The molecule has 0 saturated heterocycles. The third-order valence-electron chi connectivity index (χ3n) is 3.60. The highest BCUT2D eigenvalue weighted by Crippen LogP contribution is 2.29. The Morgan fingerprint density at radius 3 is 2.09 bits per heavy atom. The van der Waals surface area contributed by atoms with Gasteiger partial charge < -0.3 is 10.4 Å². The van der Waals surface area contributed by atoms with Crippen molar-refractivity contribution in [3.63, 3.8) is 0 Å². The van der Waals surface area contributed by atoms with Crippen LogP contribution in [-0.2, 0) is 22.2 Å². The van der Waals surface area contributed by atoms with E-state index >= 15 is 0 Å². The average Bonchev–Trinajstić information content (AvgIpc) is 2.43. The van der Waals surface area contributed by atoms with E-state index in [4.69, 9.17) is 5.11 Å². The summed E-state index contributed by atoms with van der Waals surface area (Å²) in [6, 6.07) is 4.62. The fourth-order valence-corrected chi connectivity index (χ4v) is 2.00. The van der Waals surface area contributed by atoms with Gasteiger partial charge in [-0.2, -0.15) is 13.2 Å². The van der Waals surface area contributed by atoms with E-state index in [-0.39, 0.29) is 6.42 Å². The van der Waals surface area contributed by atoms with Gasteiger partial charge in [-0.3, -0.25) is 4.79 Å². The molecular weight excluding hydrogens is 311 g/mol. The second-order valence-corrected chi connectivity index (χ2v) is 5.92. The van der Waals surface area contributed by atoms with Crippen LogP contribution < -0.4 is 5.32 Å². The van der Waals surface area contributed by atoms with Crippen LogP contribution in [0.15, 0.2) is 24.3 Å². The maximum absolute atomic E-state index is 12.5. The van der Waals surface area contributed by atoms with E-state index < -0.39 is 35.1 Å². The van der Waals surface area contributed by atoms with E-state index in [2.05, 4.69) is 5.32 Å². The van der Waals surface area contributed by atoms with Gasteiger partial charge in [0.05, 0.1) is 5.56 Å². The van der Waals surface area contributed by atoms with Crippen LogP contribution in [0.3, 0.4) is 0 Å². The van der Waals surface area contributed by atoms with Gasteiger partial charge in [0.1, 0.15) is 5.54 Å². The summed E-state index contributed by atoms with van der Waals surface area (Å²) in [6.07, 6.45) is -3.70. The number of carboxylic acid groups (broad SMARTS) is 1. The van der Waals surface area contributed by atoms with Crippen molar-refractivity contribution in [1.82, 2.24) is 5.32 Å². The minimum atomic E-state index is -4.40. The van der Waals surface area contributed by atoms with Crippen molar-refractivity contribution >= 4 is 11.9 Å². The van der Waals surface area contributed by atoms with Crippen molar-refractivity contribution in [3.8, 4) is 0 Å². The molecule has 1 atom stereocenters. The van der Waals surface area contributed by atoms with Gasteiger partial charge >= 0.3 is 12.1 Å². The monoisotopic (exact) mass is 331 g/mol. The molecule has 0 aliphatic heterocycles. The molecule has 128 valence electrons. The molecule has 1 unspecified atom stereocenters. The van der Waals surface area contributed by atoms with Gasteiger partial charge in [-0.15, -0.1) is 0 Å². The maximum atomic E-state index is 12.5. The maximum Gasteiger partial charge on any atom is 0.416 e. The van der Waals surface area contributed by atoms with Gasteiger partial charge in [0, 0.05) is 5.92 Å². The number of carbonyl (C=O) groups excluding carboxylic acids is 1. The predicted octanol–water partition coefficient (Wildman–Crippen LogP) is 3.25. The molecule has 0 radical (unpaired) electrons. The Hall–Kier alpha value is -2.05. The number of rotatable bonds is 6. The van der Waals surface area contributed by atoms with Crippen LogP contribution in [0.5, 0.6) is 0 Å². The molecule has 4 nitrogen and oxygen atoms in total. The summed E-state index contributed by atoms with van der Waals surface area (Å²) in [7, 11) is 0. The molecule has 0 spiro atoms. The topological polar surface area (TPSA) is 66.4 Å². The molecule has 1 rings (SSSR count). The second kappa shape index (κ2) is 7.02. The number of nitrogens with one attached hydrogen (secondary N) is 1. The Balaban J connectivity index is 2.80. The molecule has 23 heavy (non-hydrogen) atoms. The third-order valence-corrected chi connectivity index (χ3v) is 3.60. The number of hydrogen-bond donors (Lipinski definition) is 2. The lowest BCUT2D eigenvalue weighted by molar-refractivity contribution is -0.146. The standard InChI is InChI=1S/C16H20F3NO3/c1-4-11(13(21)20-15(2,3)14(22)23)9-10-5-7-12(8-6-10)16(17,18)19/h5-8,11H,4,9H2,1-3H3,(H,20,21)(H,22,23). The summed E-state index contributed by atoms with van der Waals surface area (Å²) >= 11 is 0. The van der Waals surface area contributed by atoms with Gasteiger partial charge in [-0.05, 0) is 44.4 Å². The minimum Gasteiger partial charge on any atom is -0.480 e. The van der Waals surface area contributed by atoms with Gasteiger partial charge in [0.2, 0.25) is 5.91 Å². The smallest absolute Gasteiger partial charge is 0.416 e. The summed E-state index contributed by atoms with van der Waals surface area (Å²) in [4.78, 5) is 23.2. The minimum absolute atomic E-state index is 0.246. The van der Waals surface area contributed by atoms with Gasteiger partial charge in [-0.1, -0.05) is 19.1 Å². The Labute approximate surface area is 132 Å². The normalized spacial score (nSPS) is 13.5. The van der Waals surface area contributed by atoms with Crippen LogP contribution in [0.25, 0.3) is 0 Å². The van der Waals surface area contributed by atoms with Gasteiger partial charge in [-0.25, -0.2) is 4.79 Å². The van der Waals surface area contributed by atoms with Gasteiger partial charge in [0.15, 0.2) is 0 Å². The van der Waals surface area contributed by atoms with Crippen LogP contribution in [0.4, 0.5) is 13.2 Å². The van der Waals surface area contributed by atoms with Crippen LogP contribution in [0.1, 0.15) is 38.3 Å². The number of aliphatic carboxylic acids is 1. The number of halogens is 3. The SMILES string of the molecule is CCC(Cc1ccc(C(F)(F)F)cc1)C(=O)NC(C)(C)C(=O)O. The van der Waals surface area contributed by atoms with Crippen molar-refractivity contribution in [1.29, 1.82) is 0 Å². The molecule has 0 aliphatic carbocycles. The lowest BCUT2D eigenvalue weighted by atomic mass is 9.94. The first kappa shape index (κ1) is 19.0. The van der Waals surface area contributed by atoms with Crippen molar-refractivity contribution in [2.24, 2.45) is 5.92 Å². The quantitative estimate of drug-likeness (QED) is 0.841. The van der Waals surface area contributed by atoms with Crippen LogP contribution in [-0.4, -0.2) is 22.5 Å². The molecule has 0 fully saturated rings. The van der Waals surface area contributed by atoms with E-state index in [0.29, 0.717) is 12.0 Å². The molecule has 1 aromatic carbocycles. The molecule has 0 aliphatic rings. The van der Waals surface area contributed by atoms with Crippen LogP contribution in [0, 0.1) is 5.92 Å². The van der Waals surface area contributed by atoms with E-state index in [9.17, 15) is 22.8 Å². The summed E-state index contributed by atoms with van der Waals surface area (Å²) in [5.74, 6) is -2.10. The molecular formula is C16H20F3NO3. The number of benzene rings is 1. The summed E-state index contributed by atoms with van der Waals surface area (Å²) < 4.78 is 37.6.